The number of oxime groups is 1. The van der Waals surface area contributed by atoms with Crippen molar-refractivity contribution in [3.8, 4) is 0 Å². The summed E-state index contributed by atoms with van der Waals surface area (Å²) in [7, 11) is 0. The van der Waals surface area contributed by atoms with Gasteiger partial charge in [-0.2, -0.15) is 0 Å². The summed E-state index contributed by atoms with van der Waals surface area (Å²) in [5.74, 6) is -1.33. The molecule has 0 spiro atoms. The van der Waals surface area contributed by atoms with Gasteiger partial charge in [-0.15, -0.1) is 0 Å². The average molecular weight is 300 g/mol. The standard InChI is InChI=1S/C13H15ClFN3O2/c14-7-4-5-10(15)9(6-7)13(19)17-11-3-1-2-8(11)12(16)18-20/h4-6,8,11,20H,1-3H2,(H2,16,18)(H,17,19). The summed E-state index contributed by atoms with van der Waals surface area (Å²) in [4.78, 5) is 12.1. The highest BCUT2D eigenvalue weighted by Crippen LogP contribution is 2.26. The van der Waals surface area contributed by atoms with Gasteiger partial charge in [0.05, 0.1) is 5.56 Å². The molecule has 1 aromatic rings. The number of halogens is 2. The first-order valence-corrected chi connectivity index (χ1v) is 6.64. The molecular formula is C13H15ClFN3O2. The van der Waals surface area contributed by atoms with Crippen LogP contribution in [0.5, 0.6) is 0 Å². The Bertz CT molecular complexity index is 550. The molecule has 1 aliphatic carbocycles. The van der Waals surface area contributed by atoms with Crippen molar-refractivity contribution in [1.82, 2.24) is 5.32 Å². The SMILES string of the molecule is NC(=NO)C1CCCC1NC(=O)c1cc(Cl)ccc1F. The normalized spacial score (nSPS) is 22.8. The molecule has 7 heteroatoms. The second kappa shape index (κ2) is 6.09. The molecule has 0 bridgehead atoms. The monoisotopic (exact) mass is 299 g/mol. The van der Waals surface area contributed by atoms with Crippen molar-refractivity contribution in [1.29, 1.82) is 0 Å². The number of hydrogen-bond acceptors (Lipinski definition) is 3. The first-order valence-electron chi connectivity index (χ1n) is 6.26. The zero-order valence-electron chi connectivity index (χ0n) is 10.6. The molecule has 4 N–H and O–H groups in total. The van der Waals surface area contributed by atoms with Gasteiger partial charge in [-0.05, 0) is 31.0 Å². The maximum atomic E-state index is 13.6. The van der Waals surface area contributed by atoms with Crippen molar-refractivity contribution < 1.29 is 14.4 Å². The predicted molar refractivity (Wildman–Crippen MR) is 73.4 cm³/mol. The van der Waals surface area contributed by atoms with Crippen molar-refractivity contribution in [2.75, 3.05) is 0 Å². The maximum absolute atomic E-state index is 13.6. The number of nitrogens with one attached hydrogen (secondary N) is 1. The van der Waals surface area contributed by atoms with Crippen molar-refractivity contribution in [2.24, 2.45) is 16.8 Å². The highest BCUT2D eigenvalue weighted by Gasteiger charge is 2.32. The van der Waals surface area contributed by atoms with E-state index in [1.54, 1.807) is 0 Å². The van der Waals surface area contributed by atoms with E-state index in [1.807, 2.05) is 0 Å². The highest BCUT2D eigenvalue weighted by atomic mass is 35.5. The number of benzene rings is 1. The summed E-state index contributed by atoms with van der Waals surface area (Å²) in [6.07, 6.45) is 2.28. The van der Waals surface area contributed by atoms with Crippen LogP contribution in [-0.2, 0) is 0 Å². The van der Waals surface area contributed by atoms with E-state index < -0.39 is 11.7 Å². The second-order valence-corrected chi connectivity index (χ2v) is 5.20. The van der Waals surface area contributed by atoms with Crippen LogP contribution in [0.3, 0.4) is 0 Å². The quantitative estimate of drug-likeness (QED) is 0.346. The van der Waals surface area contributed by atoms with Crippen LogP contribution in [-0.4, -0.2) is 23.0 Å². The fourth-order valence-corrected chi connectivity index (χ4v) is 2.65. The van der Waals surface area contributed by atoms with Gasteiger partial charge in [0.1, 0.15) is 11.7 Å². The van der Waals surface area contributed by atoms with Crippen LogP contribution in [0.15, 0.2) is 23.4 Å². The van der Waals surface area contributed by atoms with Gasteiger partial charge in [-0.25, -0.2) is 4.39 Å². The van der Waals surface area contributed by atoms with E-state index in [0.29, 0.717) is 6.42 Å². The predicted octanol–water partition coefficient (Wildman–Crippen LogP) is 2.12. The number of hydrogen-bond donors (Lipinski definition) is 3. The molecule has 2 rings (SSSR count). The van der Waals surface area contributed by atoms with Crippen LogP contribution in [0, 0.1) is 11.7 Å². The van der Waals surface area contributed by atoms with Crippen molar-refractivity contribution in [3.63, 3.8) is 0 Å². The lowest BCUT2D eigenvalue weighted by molar-refractivity contribution is 0.0929. The summed E-state index contributed by atoms with van der Waals surface area (Å²) in [6, 6.07) is 3.53. The smallest absolute Gasteiger partial charge is 0.254 e. The second-order valence-electron chi connectivity index (χ2n) is 4.77. The number of nitrogens with zero attached hydrogens (tertiary/aromatic N) is 1. The molecule has 2 atom stereocenters. The number of carbonyl (C=O) groups is 1. The minimum atomic E-state index is -0.634. The molecule has 0 saturated heterocycles. The maximum Gasteiger partial charge on any atom is 0.254 e. The van der Waals surface area contributed by atoms with Crippen LogP contribution in [0.2, 0.25) is 5.02 Å². The van der Waals surface area contributed by atoms with Gasteiger partial charge in [0, 0.05) is 17.0 Å². The Morgan fingerprint density at radius 2 is 2.25 bits per heavy atom. The van der Waals surface area contributed by atoms with Crippen LogP contribution in [0.25, 0.3) is 0 Å². The zero-order chi connectivity index (χ0) is 14.7. The molecule has 1 saturated carbocycles. The topological polar surface area (TPSA) is 87.7 Å². The van der Waals surface area contributed by atoms with E-state index in [-0.39, 0.29) is 28.4 Å². The van der Waals surface area contributed by atoms with E-state index >= 15 is 0 Å². The fraction of sp³-hybridized carbons (Fsp3) is 0.385. The van der Waals surface area contributed by atoms with E-state index in [1.165, 1.54) is 12.1 Å². The van der Waals surface area contributed by atoms with Crippen LogP contribution >= 0.6 is 11.6 Å². The molecule has 1 aliphatic rings. The van der Waals surface area contributed by atoms with Crippen molar-refractivity contribution in [3.05, 3.63) is 34.6 Å². The number of amidine groups is 1. The van der Waals surface area contributed by atoms with Crippen molar-refractivity contribution in [2.45, 2.75) is 25.3 Å². The van der Waals surface area contributed by atoms with Gasteiger partial charge < -0.3 is 16.3 Å². The molecule has 1 fully saturated rings. The Hall–Kier alpha value is -1.82. The molecule has 5 nitrogen and oxygen atoms in total. The summed E-state index contributed by atoms with van der Waals surface area (Å²) >= 11 is 5.76. The van der Waals surface area contributed by atoms with Gasteiger partial charge in [-0.1, -0.05) is 23.2 Å². The largest absolute Gasteiger partial charge is 0.409 e. The Kier molecular flexibility index (Phi) is 4.44. The summed E-state index contributed by atoms with van der Waals surface area (Å²) in [5, 5.41) is 14.7. The molecule has 0 heterocycles. The van der Waals surface area contributed by atoms with Crippen molar-refractivity contribution >= 4 is 23.3 Å². The molecular weight excluding hydrogens is 285 g/mol. The molecule has 20 heavy (non-hydrogen) atoms. The van der Waals surface area contributed by atoms with Crippen LogP contribution in [0.4, 0.5) is 4.39 Å². The van der Waals surface area contributed by atoms with E-state index in [9.17, 15) is 9.18 Å². The molecule has 1 aromatic carbocycles. The minimum Gasteiger partial charge on any atom is -0.409 e. The van der Waals surface area contributed by atoms with Gasteiger partial charge in [-0.3, -0.25) is 4.79 Å². The molecule has 0 aliphatic heterocycles. The van der Waals surface area contributed by atoms with Gasteiger partial charge in [0.2, 0.25) is 0 Å². The minimum absolute atomic E-state index is 0.0827. The Balaban J connectivity index is 2.13. The van der Waals surface area contributed by atoms with E-state index in [2.05, 4.69) is 10.5 Å². The summed E-state index contributed by atoms with van der Waals surface area (Å²) in [5.41, 5.74) is 5.48. The molecule has 0 radical (unpaired) electrons. The molecule has 1 amide bonds. The molecule has 108 valence electrons. The first kappa shape index (κ1) is 14.6. The van der Waals surface area contributed by atoms with Crippen LogP contribution < -0.4 is 11.1 Å². The number of nitrogens with two attached hydrogens (primary N) is 1. The lowest BCUT2D eigenvalue weighted by atomic mass is 10.0. The lowest BCUT2D eigenvalue weighted by Gasteiger charge is -2.20. The van der Waals surface area contributed by atoms with Crippen LogP contribution in [0.1, 0.15) is 29.6 Å². The fourth-order valence-electron chi connectivity index (χ4n) is 2.48. The first-order chi connectivity index (χ1) is 9.52. The van der Waals surface area contributed by atoms with Gasteiger partial charge in [0.15, 0.2) is 0 Å². The lowest BCUT2D eigenvalue weighted by Crippen LogP contribution is -2.42. The third-order valence-corrected chi connectivity index (χ3v) is 3.74. The third kappa shape index (κ3) is 3.01. The third-order valence-electron chi connectivity index (χ3n) is 3.50. The molecule has 0 aromatic heterocycles. The van der Waals surface area contributed by atoms with Gasteiger partial charge >= 0.3 is 0 Å². The number of amides is 1. The Labute approximate surface area is 120 Å². The average Bonchev–Trinajstić information content (AvgIpc) is 2.88. The zero-order valence-corrected chi connectivity index (χ0v) is 11.4. The summed E-state index contributed by atoms with van der Waals surface area (Å²) < 4.78 is 13.6. The van der Waals surface area contributed by atoms with E-state index in [0.717, 1.165) is 18.9 Å². The Morgan fingerprint density at radius 1 is 1.50 bits per heavy atom. The number of rotatable bonds is 3. The summed E-state index contributed by atoms with van der Waals surface area (Å²) in [6.45, 7) is 0. The highest BCUT2D eigenvalue weighted by molar-refractivity contribution is 6.31. The molecule has 2 unspecified atom stereocenters. The van der Waals surface area contributed by atoms with Gasteiger partial charge in [0.25, 0.3) is 5.91 Å². The van der Waals surface area contributed by atoms with E-state index in [4.69, 9.17) is 22.5 Å². The Morgan fingerprint density at radius 3 is 2.95 bits per heavy atom. The number of carbonyl (C=O) groups excluding carboxylic acids is 1.